The van der Waals surface area contributed by atoms with Crippen molar-refractivity contribution < 1.29 is 0 Å². The first kappa shape index (κ1) is 17.4. The molecule has 0 spiro atoms. The van der Waals surface area contributed by atoms with Crippen LogP contribution in [0.1, 0.15) is 16.7 Å². The lowest BCUT2D eigenvalue weighted by Crippen LogP contribution is -2.49. The topological polar surface area (TPSA) is 42.3 Å². The Morgan fingerprint density at radius 1 is 1.04 bits per heavy atom. The van der Waals surface area contributed by atoms with Gasteiger partial charge in [-0.05, 0) is 49.0 Å². The zero-order valence-corrected chi connectivity index (χ0v) is 15.2. The monoisotopic (exact) mass is 350 g/mol. The fourth-order valence-electron chi connectivity index (χ4n) is 2.89. The van der Waals surface area contributed by atoms with Crippen LogP contribution >= 0.6 is 12.2 Å². The van der Waals surface area contributed by atoms with Crippen molar-refractivity contribution in [2.45, 2.75) is 13.5 Å². The second kappa shape index (κ2) is 8.11. The van der Waals surface area contributed by atoms with Crippen molar-refractivity contribution in [2.75, 3.05) is 31.5 Å². The number of thiocarbonyl (C=S) groups is 1. The van der Waals surface area contributed by atoms with Gasteiger partial charge in [0.05, 0.1) is 11.6 Å². The minimum atomic E-state index is 0.709. The van der Waals surface area contributed by atoms with Gasteiger partial charge in [-0.25, -0.2) is 0 Å². The summed E-state index contributed by atoms with van der Waals surface area (Å²) in [5.41, 5.74) is 4.23. The maximum Gasteiger partial charge on any atom is 0.173 e. The molecule has 0 unspecified atom stereocenters. The number of rotatable bonds is 3. The molecule has 1 saturated heterocycles. The molecule has 1 fully saturated rings. The number of nitrogens with one attached hydrogen (secondary N) is 1. The lowest BCUT2D eigenvalue weighted by molar-refractivity contribution is 0.177. The molecule has 0 aromatic heterocycles. The van der Waals surface area contributed by atoms with Gasteiger partial charge >= 0.3 is 0 Å². The molecule has 25 heavy (non-hydrogen) atoms. The first-order chi connectivity index (χ1) is 12.1. The number of aryl methyl sites for hydroxylation is 1. The van der Waals surface area contributed by atoms with Crippen LogP contribution in [0.3, 0.4) is 0 Å². The molecule has 2 aromatic rings. The van der Waals surface area contributed by atoms with Gasteiger partial charge in [-0.1, -0.05) is 29.8 Å². The quantitative estimate of drug-likeness (QED) is 0.860. The third kappa shape index (κ3) is 4.79. The highest BCUT2D eigenvalue weighted by Crippen LogP contribution is 2.13. The highest BCUT2D eigenvalue weighted by molar-refractivity contribution is 7.80. The molecule has 0 atom stereocenters. The van der Waals surface area contributed by atoms with E-state index in [1.54, 1.807) is 0 Å². The van der Waals surface area contributed by atoms with E-state index in [4.69, 9.17) is 17.5 Å². The summed E-state index contributed by atoms with van der Waals surface area (Å²) in [6.07, 6.45) is 0. The molecule has 0 amide bonds. The van der Waals surface area contributed by atoms with Crippen LogP contribution in [0.25, 0.3) is 0 Å². The molecule has 2 aromatic carbocycles. The first-order valence-corrected chi connectivity index (χ1v) is 8.89. The Morgan fingerprint density at radius 3 is 2.28 bits per heavy atom. The molecule has 1 aliphatic rings. The second-order valence-electron chi connectivity index (χ2n) is 6.37. The van der Waals surface area contributed by atoms with Gasteiger partial charge in [0.25, 0.3) is 0 Å². The van der Waals surface area contributed by atoms with Crippen molar-refractivity contribution in [3.63, 3.8) is 0 Å². The summed E-state index contributed by atoms with van der Waals surface area (Å²) in [5.74, 6) is 0. The minimum absolute atomic E-state index is 0.709. The lowest BCUT2D eigenvalue weighted by atomic mass is 10.1. The largest absolute Gasteiger partial charge is 0.346 e. The molecule has 4 nitrogen and oxygen atoms in total. The molecular formula is C20H22N4S. The van der Waals surface area contributed by atoms with Crippen LogP contribution in [0.15, 0.2) is 48.5 Å². The summed E-state index contributed by atoms with van der Waals surface area (Å²) in [4.78, 5) is 4.65. The fourth-order valence-corrected chi connectivity index (χ4v) is 3.19. The van der Waals surface area contributed by atoms with Crippen molar-refractivity contribution in [1.29, 1.82) is 5.26 Å². The van der Waals surface area contributed by atoms with Crippen molar-refractivity contribution in [3.8, 4) is 6.07 Å². The molecule has 1 heterocycles. The van der Waals surface area contributed by atoms with Gasteiger partial charge in [0.2, 0.25) is 0 Å². The van der Waals surface area contributed by atoms with Crippen molar-refractivity contribution in [2.24, 2.45) is 0 Å². The van der Waals surface area contributed by atoms with E-state index in [9.17, 15) is 0 Å². The van der Waals surface area contributed by atoms with Crippen molar-refractivity contribution >= 4 is 23.0 Å². The Bertz CT molecular complexity index is 754. The van der Waals surface area contributed by atoms with Crippen molar-refractivity contribution in [3.05, 3.63) is 65.2 Å². The summed E-state index contributed by atoms with van der Waals surface area (Å²) in [7, 11) is 0. The second-order valence-corrected chi connectivity index (χ2v) is 6.75. The molecule has 0 bridgehead atoms. The standard InChI is InChI=1S/C20H22N4S/c1-16-2-8-19(9-3-16)22-20(25)24-12-10-23(11-13-24)15-18-6-4-17(14-21)5-7-18/h2-9H,10-13,15H2,1H3,(H,22,25). The Kier molecular flexibility index (Phi) is 5.64. The Balaban J connectivity index is 1.48. The van der Waals surface area contributed by atoms with Gasteiger partial charge in [0.15, 0.2) is 5.11 Å². The Labute approximate surface area is 154 Å². The molecule has 1 aliphatic heterocycles. The van der Waals surface area contributed by atoms with Gasteiger partial charge in [0.1, 0.15) is 0 Å². The maximum absolute atomic E-state index is 8.87. The van der Waals surface area contributed by atoms with Crippen LogP contribution in [0.5, 0.6) is 0 Å². The van der Waals surface area contributed by atoms with Crippen LogP contribution in [-0.4, -0.2) is 41.1 Å². The summed E-state index contributed by atoms with van der Waals surface area (Å²) < 4.78 is 0. The van der Waals surface area contributed by atoms with Crippen LogP contribution in [0.4, 0.5) is 5.69 Å². The highest BCUT2D eigenvalue weighted by atomic mass is 32.1. The molecular weight excluding hydrogens is 328 g/mol. The van der Waals surface area contributed by atoms with Crippen LogP contribution in [0, 0.1) is 18.3 Å². The summed E-state index contributed by atoms with van der Waals surface area (Å²) >= 11 is 5.55. The zero-order chi connectivity index (χ0) is 17.6. The Morgan fingerprint density at radius 2 is 1.68 bits per heavy atom. The van der Waals surface area contributed by atoms with Crippen LogP contribution in [0.2, 0.25) is 0 Å². The number of anilines is 1. The number of piperazine rings is 1. The van der Waals surface area contributed by atoms with E-state index < -0.39 is 0 Å². The van der Waals surface area contributed by atoms with E-state index in [1.165, 1.54) is 11.1 Å². The van der Waals surface area contributed by atoms with E-state index >= 15 is 0 Å². The normalized spacial score (nSPS) is 14.8. The predicted molar refractivity (Wildman–Crippen MR) is 105 cm³/mol. The van der Waals surface area contributed by atoms with E-state index in [2.05, 4.69) is 52.4 Å². The molecule has 128 valence electrons. The number of hydrogen-bond acceptors (Lipinski definition) is 3. The molecule has 1 N–H and O–H groups in total. The highest BCUT2D eigenvalue weighted by Gasteiger charge is 2.19. The van der Waals surface area contributed by atoms with Crippen molar-refractivity contribution in [1.82, 2.24) is 9.80 Å². The van der Waals surface area contributed by atoms with E-state index in [0.29, 0.717) is 5.56 Å². The molecule has 0 aliphatic carbocycles. The Hall–Kier alpha value is -2.42. The number of benzene rings is 2. The third-order valence-corrected chi connectivity index (χ3v) is 4.81. The number of nitrogens with zero attached hydrogens (tertiary/aromatic N) is 3. The minimum Gasteiger partial charge on any atom is -0.346 e. The fraction of sp³-hybridized carbons (Fsp3) is 0.300. The SMILES string of the molecule is Cc1ccc(NC(=S)N2CCN(Cc3ccc(C#N)cc3)CC2)cc1. The van der Waals surface area contributed by atoms with Gasteiger partial charge in [-0.2, -0.15) is 5.26 Å². The summed E-state index contributed by atoms with van der Waals surface area (Å²) in [6.45, 7) is 6.81. The lowest BCUT2D eigenvalue weighted by Gasteiger charge is -2.36. The summed E-state index contributed by atoms with van der Waals surface area (Å²) in [6, 6.07) is 18.3. The molecule has 5 heteroatoms. The van der Waals surface area contributed by atoms with Crippen LogP contribution < -0.4 is 5.32 Å². The number of nitriles is 1. The van der Waals surface area contributed by atoms with Crippen LogP contribution in [-0.2, 0) is 6.54 Å². The van der Waals surface area contributed by atoms with Gasteiger partial charge in [-0.3, -0.25) is 4.90 Å². The average Bonchev–Trinajstić information content (AvgIpc) is 2.65. The molecule has 0 saturated carbocycles. The first-order valence-electron chi connectivity index (χ1n) is 8.48. The molecule has 0 radical (unpaired) electrons. The maximum atomic E-state index is 8.87. The zero-order valence-electron chi connectivity index (χ0n) is 14.4. The average molecular weight is 350 g/mol. The van der Waals surface area contributed by atoms with Gasteiger partial charge in [0, 0.05) is 38.4 Å². The van der Waals surface area contributed by atoms with E-state index in [-0.39, 0.29) is 0 Å². The smallest absolute Gasteiger partial charge is 0.173 e. The summed E-state index contributed by atoms with van der Waals surface area (Å²) in [5, 5.41) is 13.0. The van der Waals surface area contributed by atoms with Gasteiger partial charge in [-0.15, -0.1) is 0 Å². The van der Waals surface area contributed by atoms with E-state index in [0.717, 1.165) is 43.5 Å². The number of hydrogen-bond donors (Lipinski definition) is 1. The molecule has 3 rings (SSSR count). The third-order valence-electron chi connectivity index (χ3n) is 4.45. The van der Waals surface area contributed by atoms with E-state index in [1.807, 2.05) is 24.3 Å². The van der Waals surface area contributed by atoms with Gasteiger partial charge < -0.3 is 10.2 Å². The predicted octanol–water partition coefficient (Wildman–Crippen LogP) is 3.38.